The van der Waals surface area contributed by atoms with Gasteiger partial charge in [-0.3, -0.25) is 19.3 Å². The van der Waals surface area contributed by atoms with Gasteiger partial charge < -0.3 is 21.1 Å². The van der Waals surface area contributed by atoms with Crippen molar-refractivity contribution >= 4 is 41.1 Å². The number of nitrogens with zero attached hydrogens (tertiary/aromatic N) is 2. The minimum atomic E-state index is -0.714. The van der Waals surface area contributed by atoms with Crippen LogP contribution in [0.1, 0.15) is 85.0 Å². The summed E-state index contributed by atoms with van der Waals surface area (Å²) in [5, 5.41) is 6.11. The fraction of sp³-hybridized carbons (Fsp3) is 0.677. The van der Waals surface area contributed by atoms with Gasteiger partial charge in [0.15, 0.2) is 0 Å². The highest BCUT2D eigenvalue weighted by atomic mass is 35.5. The molecule has 2 fully saturated rings. The number of likely N-dealkylation sites (tertiary alicyclic amines) is 1. The average Bonchev–Trinajstić information content (AvgIpc) is 2.94. The van der Waals surface area contributed by atoms with E-state index in [1.54, 1.807) is 45.0 Å². The predicted molar refractivity (Wildman–Crippen MR) is 164 cm³/mol. The Kier molecular flexibility index (Phi) is 13.1. The van der Waals surface area contributed by atoms with Crippen LogP contribution >= 0.6 is 11.6 Å². The molecule has 2 atom stereocenters. The number of amides is 4. The van der Waals surface area contributed by atoms with Crippen molar-refractivity contribution in [2.75, 3.05) is 31.5 Å². The normalized spacial score (nSPS) is 20.0. The van der Waals surface area contributed by atoms with Crippen LogP contribution in [0.15, 0.2) is 24.3 Å². The van der Waals surface area contributed by atoms with Crippen LogP contribution in [0.2, 0.25) is 5.02 Å². The number of halogens is 1. The molecule has 10 nitrogen and oxygen atoms in total. The SMILES string of the molecule is CC(C)(C)OC(=O)N(CCN1CCC(NC(=O)C(=O)Nc2ccc(Cl)cc2)CC1C1CCCCC1)C(=O)CCCCN. The summed E-state index contributed by atoms with van der Waals surface area (Å²) in [6.45, 7) is 7.31. The van der Waals surface area contributed by atoms with Crippen molar-refractivity contribution in [2.24, 2.45) is 11.7 Å². The largest absolute Gasteiger partial charge is 0.443 e. The Bertz CT molecular complexity index is 1050. The number of hydrogen-bond donors (Lipinski definition) is 3. The van der Waals surface area contributed by atoms with Crippen molar-refractivity contribution in [3.8, 4) is 0 Å². The third-order valence-corrected chi connectivity index (χ3v) is 8.22. The summed E-state index contributed by atoms with van der Waals surface area (Å²) in [6, 6.07) is 6.63. The van der Waals surface area contributed by atoms with Crippen LogP contribution in [0.4, 0.5) is 10.5 Å². The average molecular weight is 606 g/mol. The van der Waals surface area contributed by atoms with Crippen LogP contribution in [0.25, 0.3) is 0 Å². The third-order valence-electron chi connectivity index (χ3n) is 7.97. The maximum absolute atomic E-state index is 13.1. The molecule has 1 aliphatic carbocycles. The number of ether oxygens (including phenoxy) is 1. The molecule has 1 saturated carbocycles. The molecule has 0 spiro atoms. The molecule has 1 aromatic carbocycles. The van der Waals surface area contributed by atoms with Crippen molar-refractivity contribution in [3.05, 3.63) is 29.3 Å². The van der Waals surface area contributed by atoms with E-state index in [0.717, 1.165) is 12.8 Å². The zero-order valence-electron chi connectivity index (χ0n) is 25.3. The van der Waals surface area contributed by atoms with Crippen LogP contribution in [0.3, 0.4) is 0 Å². The first-order chi connectivity index (χ1) is 20.0. The Morgan fingerprint density at radius 1 is 1.02 bits per heavy atom. The van der Waals surface area contributed by atoms with Crippen molar-refractivity contribution in [3.63, 3.8) is 0 Å². The summed E-state index contributed by atoms with van der Waals surface area (Å²) >= 11 is 5.91. The standard InChI is InChI=1S/C31H48ClN5O5/c1-31(2,3)42-30(41)37(27(38)11-7-8-17-33)20-19-36-18-16-25(21-26(36)22-9-5-4-6-10-22)35-29(40)28(39)34-24-14-12-23(32)13-15-24/h12-15,22,25-26H,4-11,16-21,33H2,1-3H3,(H,34,39)(H,35,40). The molecule has 1 saturated heterocycles. The number of benzene rings is 1. The van der Waals surface area contributed by atoms with E-state index >= 15 is 0 Å². The number of rotatable bonds is 10. The van der Waals surface area contributed by atoms with E-state index in [1.807, 2.05) is 0 Å². The number of carbonyl (C=O) groups excluding carboxylic acids is 4. The molecule has 42 heavy (non-hydrogen) atoms. The van der Waals surface area contributed by atoms with E-state index in [9.17, 15) is 19.2 Å². The lowest BCUT2D eigenvalue weighted by Crippen LogP contribution is -2.56. The van der Waals surface area contributed by atoms with Gasteiger partial charge in [0.2, 0.25) is 5.91 Å². The van der Waals surface area contributed by atoms with Gasteiger partial charge in [0.1, 0.15) is 5.60 Å². The van der Waals surface area contributed by atoms with Crippen LogP contribution < -0.4 is 16.4 Å². The molecule has 1 aromatic rings. The predicted octanol–water partition coefficient (Wildman–Crippen LogP) is 4.70. The van der Waals surface area contributed by atoms with Gasteiger partial charge in [0.05, 0.1) is 0 Å². The minimum Gasteiger partial charge on any atom is -0.443 e. The van der Waals surface area contributed by atoms with Gasteiger partial charge in [-0.2, -0.15) is 0 Å². The molecule has 2 unspecified atom stereocenters. The molecule has 1 heterocycles. The minimum absolute atomic E-state index is 0.142. The Morgan fingerprint density at radius 2 is 1.71 bits per heavy atom. The van der Waals surface area contributed by atoms with E-state index < -0.39 is 23.5 Å². The monoisotopic (exact) mass is 605 g/mol. The van der Waals surface area contributed by atoms with Crippen LogP contribution in [-0.4, -0.2) is 77.5 Å². The molecule has 11 heteroatoms. The van der Waals surface area contributed by atoms with Gasteiger partial charge in [-0.05, 0) is 96.0 Å². The molecule has 2 aliphatic rings. The van der Waals surface area contributed by atoms with Crippen molar-refractivity contribution < 1.29 is 23.9 Å². The third kappa shape index (κ3) is 10.9. The number of nitrogens with one attached hydrogen (secondary N) is 2. The van der Waals surface area contributed by atoms with Crippen LogP contribution in [0, 0.1) is 5.92 Å². The summed E-state index contributed by atoms with van der Waals surface area (Å²) < 4.78 is 5.57. The van der Waals surface area contributed by atoms with E-state index in [0.29, 0.717) is 61.9 Å². The second kappa shape index (κ2) is 16.2. The molecule has 1 aliphatic heterocycles. The molecular weight excluding hydrogens is 558 g/mol. The maximum atomic E-state index is 13.1. The second-order valence-electron chi connectivity index (χ2n) is 12.4. The number of unbranched alkanes of at least 4 members (excludes halogenated alkanes) is 1. The van der Waals surface area contributed by atoms with E-state index in [2.05, 4.69) is 15.5 Å². The van der Waals surface area contributed by atoms with Gasteiger partial charge in [0.25, 0.3) is 0 Å². The first kappa shape index (κ1) is 33.8. The maximum Gasteiger partial charge on any atom is 0.417 e. The lowest BCUT2D eigenvalue weighted by Gasteiger charge is -2.45. The van der Waals surface area contributed by atoms with Crippen molar-refractivity contribution in [2.45, 2.75) is 103 Å². The first-order valence-electron chi connectivity index (χ1n) is 15.3. The van der Waals surface area contributed by atoms with E-state index in [1.165, 1.54) is 24.2 Å². The molecule has 0 radical (unpaired) electrons. The summed E-state index contributed by atoms with van der Waals surface area (Å²) in [7, 11) is 0. The summed E-state index contributed by atoms with van der Waals surface area (Å²) in [6.07, 6.45) is 8.10. The van der Waals surface area contributed by atoms with Gasteiger partial charge in [-0.25, -0.2) is 9.69 Å². The number of piperidine rings is 1. The van der Waals surface area contributed by atoms with E-state index in [4.69, 9.17) is 22.1 Å². The lowest BCUT2D eigenvalue weighted by atomic mass is 9.78. The van der Waals surface area contributed by atoms with Gasteiger partial charge in [0, 0.05) is 48.8 Å². The Hall–Kier alpha value is -2.69. The molecule has 234 valence electrons. The number of hydrogen-bond acceptors (Lipinski definition) is 7. The number of anilines is 1. The zero-order chi connectivity index (χ0) is 30.7. The highest BCUT2D eigenvalue weighted by Gasteiger charge is 2.37. The van der Waals surface area contributed by atoms with Crippen LogP contribution in [-0.2, 0) is 19.1 Å². The number of carbonyl (C=O) groups is 4. The topological polar surface area (TPSA) is 134 Å². The quantitative estimate of drug-likeness (QED) is 0.260. The Balaban J connectivity index is 1.65. The molecular formula is C31H48ClN5O5. The fourth-order valence-electron chi connectivity index (χ4n) is 5.85. The van der Waals surface area contributed by atoms with Gasteiger partial charge >= 0.3 is 17.9 Å². The van der Waals surface area contributed by atoms with Crippen molar-refractivity contribution in [1.29, 1.82) is 0 Å². The first-order valence-corrected chi connectivity index (χ1v) is 15.7. The number of imide groups is 1. The summed E-state index contributed by atoms with van der Waals surface area (Å²) in [5.74, 6) is -1.17. The van der Waals surface area contributed by atoms with E-state index in [-0.39, 0.29) is 31.0 Å². The van der Waals surface area contributed by atoms with Gasteiger partial charge in [-0.15, -0.1) is 0 Å². The second-order valence-corrected chi connectivity index (χ2v) is 12.9. The molecule has 4 amide bonds. The van der Waals surface area contributed by atoms with Crippen molar-refractivity contribution in [1.82, 2.24) is 15.1 Å². The summed E-state index contributed by atoms with van der Waals surface area (Å²) in [5.41, 5.74) is 5.38. The Labute approximate surface area is 255 Å². The summed E-state index contributed by atoms with van der Waals surface area (Å²) in [4.78, 5) is 55.0. The molecule has 0 aromatic heterocycles. The van der Waals surface area contributed by atoms with Crippen LogP contribution in [0.5, 0.6) is 0 Å². The number of nitrogens with two attached hydrogens (primary N) is 1. The Morgan fingerprint density at radius 3 is 2.36 bits per heavy atom. The molecule has 0 bridgehead atoms. The fourth-order valence-corrected chi connectivity index (χ4v) is 5.98. The van der Waals surface area contributed by atoms with Gasteiger partial charge in [-0.1, -0.05) is 30.9 Å². The molecule has 3 rings (SSSR count). The zero-order valence-corrected chi connectivity index (χ0v) is 26.1. The lowest BCUT2D eigenvalue weighted by molar-refractivity contribution is -0.137. The molecule has 4 N–H and O–H groups in total. The highest BCUT2D eigenvalue weighted by molar-refractivity contribution is 6.39. The smallest absolute Gasteiger partial charge is 0.417 e. The highest BCUT2D eigenvalue weighted by Crippen LogP contribution is 2.34.